The highest BCUT2D eigenvalue weighted by molar-refractivity contribution is 6.07. The molecule has 0 aliphatic rings. The number of H-pyrrole nitrogens is 1. The molecule has 1 aromatic heterocycles. The number of benzene rings is 2. The summed E-state index contributed by atoms with van der Waals surface area (Å²) in [5.74, 6) is 0. The lowest BCUT2D eigenvalue weighted by Crippen LogP contribution is -2.09. The monoisotopic (exact) mass is 252 g/mol. The zero-order valence-corrected chi connectivity index (χ0v) is 11.3. The van der Waals surface area contributed by atoms with E-state index in [4.69, 9.17) is 5.73 Å². The molecule has 0 radical (unpaired) electrons. The van der Waals surface area contributed by atoms with E-state index in [9.17, 15) is 0 Å². The predicted molar refractivity (Wildman–Crippen MR) is 82.3 cm³/mol. The molecule has 1 heterocycles. The molecule has 0 saturated carbocycles. The van der Waals surface area contributed by atoms with Gasteiger partial charge in [-0.25, -0.2) is 0 Å². The smallest absolute Gasteiger partial charge is 0.0465 e. The topological polar surface area (TPSA) is 41.8 Å². The Kier molecular flexibility index (Phi) is 3.26. The Morgan fingerprint density at radius 3 is 2.68 bits per heavy atom. The van der Waals surface area contributed by atoms with Crippen LogP contribution in [0.4, 0.5) is 0 Å². The molecule has 1 unspecified atom stereocenters. The maximum atomic E-state index is 6.27. The SMILES string of the molecule is CCCCC(N)c1ccc2[nH]c3ccccc3c2c1. The fourth-order valence-electron chi connectivity index (χ4n) is 2.69. The summed E-state index contributed by atoms with van der Waals surface area (Å²) in [6.45, 7) is 2.20. The largest absolute Gasteiger partial charge is 0.355 e. The van der Waals surface area contributed by atoms with Crippen molar-refractivity contribution in [3.05, 3.63) is 48.0 Å². The average Bonchev–Trinajstić information content (AvgIpc) is 2.82. The van der Waals surface area contributed by atoms with Crippen molar-refractivity contribution >= 4 is 21.8 Å². The third-order valence-corrected chi connectivity index (χ3v) is 3.83. The molecule has 2 heteroatoms. The maximum absolute atomic E-state index is 6.27. The van der Waals surface area contributed by atoms with Gasteiger partial charge in [0.05, 0.1) is 0 Å². The van der Waals surface area contributed by atoms with Crippen LogP contribution < -0.4 is 5.73 Å². The molecular formula is C17H20N2. The molecule has 98 valence electrons. The van der Waals surface area contributed by atoms with Crippen LogP contribution >= 0.6 is 0 Å². The molecule has 3 N–H and O–H groups in total. The predicted octanol–water partition coefficient (Wildman–Crippen LogP) is 4.51. The van der Waals surface area contributed by atoms with Gasteiger partial charge in [-0.2, -0.15) is 0 Å². The van der Waals surface area contributed by atoms with Gasteiger partial charge in [0.25, 0.3) is 0 Å². The van der Waals surface area contributed by atoms with Crippen molar-refractivity contribution in [1.29, 1.82) is 0 Å². The third kappa shape index (κ3) is 2.24. The Morgan fingerprint density at radius 2 is 1.84 bits per heavy atom. The summed E-state index contributed by atoms with van der Waals surface area (Å²) in [5.41, 5.74) is 9.90. The minimum Gasteiger partial charge on any atom is -0.355 e. The highest BCUT2D eigenvalue weighted by atomic mass is 14.7. The molecule has 0 saturated heterocycles. The third-order valence-electron chi connectivity index (χ3n) is 3.83. The van der Waals surface area contributed by atoms with Gasteiger partial charge in [0, 0.05) is 27.8 Å². The van der Waals surface area contributed by atoms with E-state index in [1.165, 1.54) is 40.2 Å². The fourth-order valence-corrected chi connectivity index (χ4v) is 2.69. The first-order valence-electron chi connectivity index (χ1n) is 7.05. The number of hydrogen-bond acceptors (Lipinski definition) is 1. The van der Waals surface area contributed by atoms with E-state index >= 15 is 0 Å². The number of unbranched alkanes of at least 4 members (excludes halogenated alkanes) is 1. The summed E-state index contributed by atoms with van der Waals surface area (Å²) in [6, 6.07) is 15.1. The molecule has 0 amide bonds. The molecular weight excluding hydrogens is 232 g/mol. The summed E-state index contributed by atoms with van der Waals surface area (Å²) < 4.78 is 0. The Balaban J connectivity index is 2.06. The van der Waals surface area contributed by atoms with Crippen LogP contribution in [0.2, 0.25) is 0 Å². The van der Waals surface area contributed by atoms with Crippen molar-refractivity contribution in [2.45, 2.75) is 32.2 Å². The summed E-state index contributed by atoms with van der Waals surface area (Å²) >= 11 is 0. The highest BCUT2D eigenvalue weighted by Crippen LogP contribution is 2.28. The molecule has 0 spiro atoms. The molecule has 0 bridgehead atoms. The second-order valence-electron chi connectivity index (χ2n) is 5.22. The van der Waals surface area contributed by atoms with Crippen LogP contribution in [0.25, 0.3) is 21.8 Å². The molecule has 2 nitrogen and oxygen atoms in total. The fraction of sp³-hybridized carbons (Fsp3) is 0.294. The first-order valence-corrected chi connectivity index (χ1v) is 7.05. The second kappa shape index (κ2) is 5.06. The van der Waals surface area contributed by atoms with E-state index in [0.717, 1.165) is 6.42 Å². The summed E-state index contributed by atoms with van der Waals surface area (Å²) in [5, 5.41) is 2.56. The van der Waals surface area contributed by atoms with Crippen LogP contribution in [-0.4, -0.2) is 4.98 Å². The molecule has 3 rings (SSSR count). The van der Waals surface area contributed by atoms with Gasteiger partial charge in [-0.1, -0.05) is 44.0 Å². The van der Waals surface area contributed by atoms with Crippen molar-refractivity contribution in [1.82, 2.24) is 4.98 Å². The molecule has 19 heavy (non-hydrogen) atoms. The van der Waals surface area contributed by atoms with E-state index in [-0.39, 0.29) is 6.04 Å². The van der Waals surface area contributed by atoms with Crippen LogP contribution in [0, 0.1) is 0 Å². The summed E-state index contributed by atoms with van der Waals surface area (Å²) in [7, 11) is 0. The molecule has 3 aromatic rings. The van der Waals surface area contributed by atoms with Crippen molar-refractivity contribution < 1.29 is 0 Å². The molecule has 0 aliphatic heterocycles. The van der Waals surface area contributed by atoms with Crippen LogP contribution in [0.5, 0.6) is 0 Å². The van der Waals surface area contributed by atoms with Gasteiger partial charge in [-0.15, -0.1) is 0 Å². The first kappa shape index (κ1) is 12.2. The number of nitrogens with two attached hydrogens (primary N) is 1. The summed E-state index contributed by atoms with van der Waals surface area (Å²) in [4.78, 5) is 3.45. The van der Waals surface area contributed by atoms with Gasteiger partial charge < -0.3 is 10.7 Å². The van der Waals surface area contributed by atoms with E-state index in [1.807, 2.05) is 0 Å². The first-order chi connectivity index (χ1) is 9.29. The minimum atomic E-state index is 0.151. The van der Waals surface area contributed by atoms with E-state index < -0.39 is 0 Å². The van der Waals surface area contributed by atoms with Crippen molar-refractivity contribution in [3.63, 3.8) is 0 Å². The maximum Gasteiger partial charge on any atom is 0.0465 e. The number of aromatic amines is 1. The quantitative estimate of drug-likeness (QED) is 0.704. The van der Waals surface area contributed by atoms with Crippen LogP contribution in [-0.2, 0) is 0 Å². The number of rotatable bonds is 4. The number of fused-ring (bicyclic) bond motifs is 3. The Labute approximate surface area is 113 Å². The zero-order chi connectivity index (χ0) is 13.2. The lowest BCUT2D eigenvalue weighted by Gasteiger charge is -2.11. The van der Waals surface area contributed by atoms with Gasteiger partial charge in [0.15, 0.2) is 0 Å². The molecule has 2 aromatic carbocycles. The van der Waals surface area contributed by atoms with Crippen LogP contribution in [0.1, 0.15) is 37.8 Å². The second-order valence-corrected chi connectivity index (χ2v) is 5.22. The van der Waals surface area contributed by atoms with Gasteiger partial charge >= 0.3 is 0 Å². The summed E-state index contributed by atoms with van der Waals surface area (Å²) in [6.07, 6.45) is 3.44. The lowest BCUT2D eigenvalue weighted by molar-refractivity contribution is 0.604. The normalized spacial score (nSPS) is 13.2. The van der Waals surface area contributed by atoms with Crippen LogP contribution in [0.15, 0.2) is 42.5 Å². The highest BCUT2D eigenvalue weighted by Gasteiger charge is 2.09. The van der Waals surface area contributed by atoms with Crippen molar-refractivity contribution in [3.8, 4) is 0 Å². The molecule has 0 fully saturated rings. The van der Waals surface area contributed by atoms with Crippen molar-refractivity contribution in [2.24, 2.45) is 5.73 Å². The number of hydrogen-bond donors (Lipinski definition) is 2. The average molecular weight is 252 g/mol. The molecule has 1 atom stereocenters. The van der Waals surface area contributed by atoms with Crippen molar-refractivity contribution in [2.75, 3.05) is 0 Å². The van der Waals surface area contributed by atoms with Gasteiger partial charge in [0.1, 0.15) is 0 Å². The van der Waals surface area contributed by atoms with E-state index in [0.29, 0.717) is 0 Å². The standard InChI is InChI=1S/C17H20N2/c1-2-3-7-15(18)12-9-10-17-14(11-12)13-6-4-5-8-16(13)19-17/h4-6,8-11,15,19H,2-3,7,18H2,1H3. The Bertz CT molecular complexity index is 697. The van der Waals surface area contributed by atoms with E-state index in [1.54, 1.807) is 0 Å². The number of nitrogens with one attached hydrogen (secondary N) is 1. The zero-order valence-electron chi connectivity index (χ0n) is 11.3. The van der Waals surface area contributed by atoms with Gasteiger partial charge in [0.2, 0.25) is 0 Å². The van der Waals surface area contributed by atoms with E-state index in [2.05, 4.69) is 54.4 Å². The van der Waals surface area contributed by atoms with Gasteiger partial charge in [-0.05, 0) is 30.2 Å². The van der Waals surface area contributed by atoms with Crippen LogP contribution in [0.3, 0.4) is 0 Å². The number of para-hydroxylation sites is 1. The number of aromatic nitrogens is 1. The van der Waals surface area contributed by atoms with Gasteiger partial charge in [-0.3, -0.25) is 0 Å². The Hall–Kier alpha value is -1.80. The minimum absolute atomic E-state index is 0.151. The molecule has 0 aliphatic carbocycles. The lowest BCUT2D eigenvalue weighted by atomic mass is 10.00. The Morgan fingerprint density at radius 1 is 1.05 bits per heavy atom.